The molecule has 0 aromatic rings. The van der Waals surface area contributed by atoms with E-state index in [1.54, 1.807) is 0 Å². The molecule has 0 rings (SSSR count). The van der Waals surface area contributed by atoms with Crippen LogP contribution < -0.4 is 0 Å². The van der Waals surface area contributed by atoms with Crippen LogP contribution in [0, 0.1) is 0 Å². The molecule has 0 unspecified atom stereocenters. The van der Waals surface area contributed by atoms with Gasteiger partial charge in [0.05, 0.1) is 0 Å². The Balaban J connectivity index is 0. The molecule has 0 aliphatic carbocycles. The molecule has 0 fully saturated rings. The average Bonchev–Trinajstić information content (AvgIpc) is 0. The predicted octanol–water partition coefficient (Wildman–Crippen LogP) is -3.67. The summed E-state index contributed by atoms with van der Waals surface area (Å²) < 4.78 is 0. The van der Waals surface area contributed by atoms with Gasteiger partial charge in [0, 0.05) is 27.7 Å². The summed E-state index contributed by atoms with van der Waals surface area (Å²) in [6, 6.07) is 0. The molecular formula is H8HgSn4. The number of rotatable bonds is 0. The van der Waals surface area contributed by atoms with Crippen LogP contribution in [0.2, 0.25) is 0 Å². The zero-order chi connectivity index (χ0) is 0. The van der Waals surface area contributed by atoms with Gasteiger partial charge < -0.3 is 0 Å². The van der Waals surface area contributed by atoms with Crippen LogP contribution in [0.15, 0.2) is 0 Å². The Hall–Kier alpha value is 4.13. The molecule has 0 aliphatic heterocycles. The Kier molecular flexibility index (Phi) is 171. The van der Waals surface area contributed by atoms with E-state index in [-0.39, 0.29) is 123 Å². The van der Waals surface area contributed by atoms with E-state index in [2.05, 4.69) is 0 Å². The summed E-state index contributed by atoms with van der Waals surface area (Å²) in [5.41, 5.74) is 0. The van der Waals surface area contributed by atoms with Crippen LogP contribution in [0.3, 0.4) is 0 Å². The number of hydrogen-bond donors (Lipinski definition) is 0. The Labute approximate surface area is 120 Å². The summed E-state index contributed by atoms with van der Waals surface area (Å²) in [4.78, 5) is 0. The van der Waals surface area contributed by atoms with Crippen LogP contribution in [0.4, 0.5) is 0 Å². The third-order valence-electron chi connectivity index (χ3n) is 0. The van der Waals surface area contributed by atoms with Gasteiger partial charge in [-0.25, -0.2) is 0 Å². The molecule has 0 nitrogen and oxygen atoms in total. The van der Waals surface area contributed by atoms with E-state index in [0.29, 0.717) is 0 Å². The molecular weight excluding hydrogens is 675 g/mol. The molecule has 5 heteroatoms. The Morgan fingerprint density at radius 3 is 0.400 bits per heavy atom. The standard InChI is InChI=1S/Hg.4Sn.8H. The Morgan fingerprint density at radius 1 is 0.400 bits per heavy atom. The van der Waals surface area contributed by atoms with Crippen molar-refractivity contribution in [2.24, 2.45) is 0 Å². The SMILES string of the molecule is [Hg].[SnH2].[SnH2].[SnH2].[SnH2]. The minimum absolute atomic E-state index is 0. The fourth-order valence-electron chi connectivity index (χ4n) is 0. The summed E-state index contributed by atoms with van der Waals surface area (Å²) in [6.07, 6.45) is 0. The zero-order valence-electron chi connectivity index (χ0n) is 3.54. The third kappa shape index (κ3) is 17.9. The monoisotopic (exact) mass is 690 g/mol. The average molecular weight is 683 g/mol. The second kappa shape index (κ2) is 24.2. The molecule has 0 bridgehead atoms. The molecule has 0 heterocycles. The van der Waals surface area contributed by atoms with Crippen molar-refractivity contribution in [1.82, 2.24) is 0 Å². The second-order valence-electron chi connectivity index (χ2n) is 0. The molecule has 0 amide bonds. The van der Waals surface area contributed by atoms with Gasteiger partial charge >= 0.3 is 95.6 Å². The predicted molar refractivity (Wildman–Crippen MR) is 34.2 cm³/mol. The van der Waals surface area contributed by atoms with Crippen molar-refractivity contribution in [3.63, 3.8) is 0 Å². The molecule has 0 aromatic heterocycles. The molecule has 0 spiro atoms. The Morgan fingerprint density at radius 2 is 0.400 bits per heavy atom. The van der Waals surface area contributed by atoms with Gasteiger partial charge in [-0.3, -0.25) is 0 Å². The van der Waals surface area contributed by atoms with Crippen molar-refractivity contribution < 1.29 is 27.7 Å². The van der Waals surface area contributed by atoms with E-state index < -0.39 is 0 Å². The minimum atomic E-state index is 0. The summed E-state index contributed by atoms with van der Waals surface area (Å²) in [6.45, 7) is 0. The fourth-order valence-corrected chi connectivity index (χ4v) is 0. The molecule has 0 aromatic carbocycles. The molecule has 0 N–H and O–H groups in total. The quantitative estimate of drug-likeness (QED) is 0.231. The van der Waals surface area contributed by atoms with Crippen molar-refractivity contribution in [3.05, 3.63) is 0 Å². The number of hydrogen-bond acceptors (Lipinski definition) is 0. The summed E-state index contributed by atoms with van der Waals surface area (Å²) >= 11 is 0. The second-order valence-corrected chi connectivity index (χ2v) is 0. The first-order valence-electron chi connectivity index (χ1n) is 0. The van der Waals surface area contributed by atoms with Crippen LogP contribution >= 0.6 is 0 Å². The van der Waals surface area contributed by atoms with Crippen molar-refractivity contribution >= 4 is 95.6 Å². The molecule has 0 saturated heterocycles. The molecule has 0 saturated carbocycles. The van der Waals surface area contributed by atoms with E-state index in [9.17, 15) is 0 Å². The first kappa shape index (κ1) is 35.4. The molecule has 0 aliphatic rings. The maximum absolute atomic E-state index is 0. The molecule has 26 valence electrons. The molecule has 8 radical (unpaired) electrons. The van der Waals surface area contributed by atoms with Gasteiger partial charge in [0.2, 0.25) is 0 Å². The van der Waals surface area contributed by atoms with Crippen molar-refractivity contribution in [3.8, 4) is 0 Å². The summed E-state index contributed by atoms with van der Waals surface area (Å²) in [7, 11) is 0. The van der Waals surface area contributed by atoms with Crippen molar-refractivity contribution in [1.29, 1.82) is 0 Å². The van der Waals surface area contributed by atoms with Gasteiger partial charge in [-0.15, -0.1) is 0 Å². The van der Waals surface area contributed by atoms with Crippen molar-refractivity contribution in [2.75, 3.05) is 0 Å². The molecule has 0 atom stereocenters. The van der Waals surface area contributed by atoms with Crippen LogP contribution in [0.1, 0.15) is 0 Å². The summed E-state index contributed by atoms with van der Waals surface area (Å²) in [5.74, 6) is 0. The van der Waals surface area contributed by atoms with E-state index in [1.165, 1.54) is 0 Å². The van der Waals surface area contributed by atoms with Gasteiger partial charge in [0.25, 0.3) is 0 Å². The maximum atomic E-state index is 0. The van der Waals surface area contributed by atoms with Crippen LogP contribution in [0.5, 0.6) is 0 Å². The van der Waals surface area contributed by atoms with Gasteiger partial charge in [-0.1, -0.05) is 0 Å². The van der Waals surface area contributed by atoms with Gasteiger partial charge in [0.1, 0.15) is 0 Å². The van der Waals surface area contributed by atoms with Gasteiger partial charge in [0.15, 0.2) is 0 Å². The topological polar surface area (TPSA) is 0 Å². The van der Waals surface area contributed by atoms with E-state index >= 15 is 0 Å². The van der Waals surface area contributed by atoms with E-state index in [4.69, 9.17) is 0 Å². The molecule has 5 heavy (non-hydrogen) atoms. The van der Waals surface area contributed by atoms with Gasteiger partial charge in [-0.2, -0.15) is 0 Å². The van der Waals surface area contributed by atoms with Crippen molar-refractivity contribution in [2.45, 2.75) is 0 Å². The zero-order valence-corrected chi connectivity index (χ0v) is 25.2. The van der Waals surface area contributed by atoms with Crippen LogP contribution in [-0.4, -0.2) is 95.6 Å². The fraction of sp³-hybridized carbons (Fsp3) is 0. The first-order chi connectivity index (χ1) is 0. The van der Waals surface area contributed by atoms with Gasteiger partial charge in [-0.05, 0) is 0 Å². The van der Waals surface area contributed by atoms with E-state index in [0.717, 1.165) is 0 Å². The first-order valence-corrected chi connectivity index (χ1v) is 0. The third-order valence-corrected chi connectivity index (χ3v) is 0. The van der Waals surface area contributed by atoms with E-state index in [1.807, 2.05) is 0 Å². The van der Waals surface area contributed by atoms with Crippen LogP contribution in [-0.2, 0) is 27.7 Å². The summed E-state index contributed by atoms with van der Waals surface area (Å²) in [5, 5.41) is 0. The van der Waals surface area contributed by atoms with Crippen LogP contribution in [0.25, 0.3) is 0 Å². The Bertz CT molecular complexity index is 3.61. The normalized spacial score (nSPS) is 0.